The highest BCUT2D eigenvalue weighted by atomic mass is 32.2. The molecule has 0 aliphatic carbocycles. The van der Waals surface area contributed by atoms with Gasteiger partial charge in [-0.2, -0.15) is 0 Å². The van der Waals surface area contributed by atoms with Crippen molar-refractivity contribution in [1.29, 1.82) is 0 Å². The van der Waals surface area contributed by atoms with Gasteiger partial charge < -0.3 is 5.21 Å². The Morgan fingerprint density at radius 3 is 2.33 bits per heavy atom. The third-order valence-electron chi connectivity index (χ3n) is 0.679. The van der Waals surface area contributed by atoms with Gasteiger partial charge in [0.15, 0.2) is 0 Å². The number of nitrogens with zero attached hydrogens (tertiary/aromatic N) is 1. The van der Waals surface area contributed by atoms with Crippen molar-refractivity contribution in [3.63, 3.8) is 0 Å². The molecule has 1 heterocycles. The molecule has 1 rings (SSSR count). The summed E-state index contributed by atoms with van der Waals surface area (Å²) in [6.45, 7) is 0. The smallest absolute Gasteiger partial charge is 0.0768 e. The first-order chi connectivity index (χ1) is 2.93. The number of thioether (sulfide) groups is 1. The first kappa shape index (κ1) is 3.99. The predicted molar refractivity (Wildman–Crippen MR) is 26.5 cm³/mol. The largest absolute Gasteiger partial charge is 0.411 e. The summed E-state index contributed by atoms with van der Waals surface area (Å²) in [6, 6.07) is 0. The van der Waals surface area contributed by atoms with Crippen molar-refractivity contribution in [2.75, 3.05) is 11.5 Å². The fourth-order valence-corrected chi connectivity index (χ4v) is 0.753. The van der Waals surface area contributed by atoms with Gasteiger partial charge in [-0.1, -0.05) is 5.16 Å². The molecule has 1 aliphatic rings. The van der Waals surface area contributed by atoms with Gasteiger partial charge in [-0.15, -0.1) is 11.8 Å². The lowest BCUT2D eigenvalue weighted by Gasteiger charge is -2.09. The predicted octanol–water partition coefficient (Wildman–Crippen LogP) is 0.563. The lowest BCUT2D eigenvalue weighted by molar-refractivity contribution is 0.318. The molecule has 34 valence electrons. The first-order valence-corrected chi connectivity index (χ1v) is 2.86. The third-order valence-corrected chi connectivity index (χ3v) is 1.75. The highest BCUT2D eigenvalue weighted by Crippen LogP contribution is 2.12. The van der Waals surface area contributed by atoms with Crippen molar-refractivity contribution in [2.24, 2.45) is 5.16 Å². The van der Waals surface area contributed by atoms with Crippen LogP contribution in [0.5, 0.6) is 0 Å². The molecule has 0 aromatic carbocycles. The summed E-state index contributed by atoms with van der Waals surface area (Å²) in [5.41, 5.74) is 0.917. The Bertz CT molecular complexity index is 74.9. The molecule has 1 N–H and O–H groups in total. The van der Waals surface area contributed by atoms with E-state index in [9.17, 15) is 0 Å². The summed E-state index contributed by atoms with van der Waals surface area (Å²) >= 11 is 1.78. The molecule has 0 amide bonds. The molecule has 0 spiro atoms. The van der Waals surface area contributed by atoms with Gasteiger partial charge in [0.25, 0.3) is 0 Å². The van der Waals surface area contributed by atoms with E-state index >= 15 is 0 Å². The zero-order valence-electron chi connectivity index (χ0n) is 3.22. The van der Waals surface area contributed by atoms with Crippen LogP contribution in [0.3, 0.4) is 0 Å². The Morgan fingerprint density at radius 2 is 2.33 bits per heavy atom. The maximum absolute atomic E-state index is 7.96. The maximum atomic E-state index is 7.96. The Labute approximate surface area is 40.2 Å². The summed E-state index contributed by atoms with van der Waals surface area (Å²) in [6.07, 6.45) is 0. The van der Waals surface area contributed by atoms with E-state index in [0.29, 0.717) is 0 Å². The maximum Gasteiger partial charge on any atom is 0.0768 e. The average molecular weight is 103 g/mol. The topological polar surface area (TPSA) is 32.6 Å². The molecule has 1 saturated heterocycles. The SMILES string of the molecule is ON=C1CSC1. The second-order valence-electron chi connectivity index (χ2n) is 1.16. The molecular formula is C3H5NOS. The van der Waals surface area contributed by atoms with E-state index in [1.54, 1.807) is 11.8 Å². The summed E-state index contributed by atoms with van der Waals surface area (Å²) < 4.78 is 0. The lowest BCUT2D eigenvalue weighted by atomic mass is 10.5. The van der Waals surface area contributed by atoms with Crippen LogP contribution in [-0.2, 0) is 0 Å². The molecule has 0 unspecified atom stereocenters. The van der Waals surface area contributed by atoms with Gasteiger partial charge in [0.2, 0.25) is 0 Å². The zero-order chi connectivity index (χ0) is 4.41. The lowest BCUT2D eigenvalue weighted by Crippen LogP contribution is -2.16. The second-order valence-corrected chi connectivity index (χ2v) is 2.14. The molecule has 0 aromatic rings. The molecule has 0 saturated carbocycles. The van der Waals surface area contributed by atoms with Crippen LogP contribution in [0, 0.1) is 0 Å². The van der Waals surface area contributed by atoms with Crippen LogP contribution in [0.1, 0.15) is 0 Å². The average Bonchev–Trinajstić information content (AvgIpc) is 1.31. The number of oxime groups is 1. The molecule has 0 bridgehead atoms. The van der Waals surface area contributed by atoms with Crippen LogP contribution in [0.4, 0.5) is 0 Å². The van der Waals surface area contributed by atoms with Crippen molar-refractivity contribution in [3.8, 4) is 0 Å². The summed E-state index contributed by atoms with van der Waals surface area (Å²) in [5, 5.41) is 11.0. The second kappa shape index (κ2) is 1.51. The summed E-state index contributed by atoms with van der Waals surface area (Å²) in [5.74, 6) is 1.85. The molecule has 0 radical (unpaired) electrons. The summed E-state index contributed by atoms with van der Waals surface area (Å²) in [7, 11) is 0. The molecule has 2 nitrogen and oxygen atoms in total. The Morgan fingerprint density at radius 1 is 1.67 bits per heavy atom. The van der Waals surface area contributed by atoms with E-state index in [-0.39, 0.29) is 0 Å². The van der Waals surface area contributed by atoms with E-state index in [0.717, 1.165) is 17.2 Å². The number of rotatable bonds is 0. The zero-order valence-corrected chi connectivity index (χ0v) is 4.03. The minimum absolute atomic E-state index is 0.917. The minimum Gasteiger partial charge on any atom is -0.411 e. The summed E-state index contributed by atoms with van der Waals surface area (Å²) in [4.78, 5) is 0. The van der Waals surface area contributed by atoms with Crippen LogP contribution in [0.2, 0.25) is 0 Å². The van der Waals surface area contributed by atoms with E-state index in [2.05, 4.69) is 5.16 Å². The highest BCUT2D eigenvalue weighted by Gasteiger charge is 2.09. The van der Waals surface area contributed by atoms with Gasteiger partial charge in [0.1, 0.15) is 0 Å². The van der Waals surface area contributed by atoms with Crippen LogP contribution in [0.25, 0.3) is 0 Å². The molecule has 3 heteroatoms. The van der Waals surface area contributed by atoms with Crippen molar-refractivity contribution >= 4 is 17.5 Å². The van der Waals surface area contributed by atoms with Crippen LogP contribution in [-0.4, -0.2) is 22.4 Å². The standard InChI is InChI=1S/C3H5NOS/c5-4-3-1-6-2-3/h5H,1-2H2. The molecule has 1 aliphatic heterocycles. The molecule has 0 atom stereocenters. The monoisotopic (exact) mass is 103 g/mol. The number of hydrogen-bond acceptors (Lipinski definition) is 3. The van der Waals surface area contributed by atoms with Crippen molar-refractivity contribution in [2.45, 2.75) is 0 Å². The first-order valence-electron chi connectivity index (χ1n) is 1.71. The van der Waals surface area contributed by atoms with Crippen molar-refractivity contribution in [1.82, 2.24) is 0 Å². The van der Waals surface area contributed by atoms with Gasteiger partial charge >= 0.3 is 0 Å². The fraction of sp³-hybridized carbons (Fsp3) is 0.667. The van der Waals surface area contributed by atoms with Crippen molar-refractivity contribution < 1.29 is 5.21 Å². The van der Waals surface area contributed by atoms with E-state index < -0.39 is 0 Å². The third kappa shape index (κ3) is 0.497. The minimum atomic E-state index is 0.917. The Balaban J connectivity index is 2.34. The van der Waals surface area contributed by atoms with E-state index in [1.165, 1.54) is 0 Å². The van der Waals surface area contributed by atoms with E-state index in [4.69, 9.17) is 5.21 Å². The molecule has 0 aromatic heterocycles. The fourth-order valence-electron chi connectivity index (χ4n) is 0.251. The van der Waals surface area contributed by atoms with Crippen LogP contribution >= 0.6 is 11.8 Å². The van der Waals surface area contributed by atoms with Gasteiger partial charge in [0.05, 0.1) is 5.71 Å². The molecule has 1 fully saturated rings. The van der Waals surface area contributed by atoms with Crippen LogP contribution in [0.15, 0.2) is 5.16 Å². The molecular weight excluding hydrogens is 98.1 g/mol. The van der Waals surface area contributed by atoms with Gasteiger partial charge in [-0.05, 0) is 0 Å². The normalized spacial score (nSPS) is 19.7. The Kier molecular flexibility index (Phi) is 1.01. The Hall–Kier alpha value is -0.180. The molecule has 6 heavy (non-hydrogen) atoms. The van der Waals surface area contributed by atoms with E-state index in [1.807, 2.05) is 0 Å². The van der Waals surface area contributed by atoms with Crippen LogP contribution < -0.4 is 0 Å². The van der Waals surface area contributed by atoms with Gasteiger partial charge in [-0.25, -0.2) is 0 Å². The highest BCUT2D eigenvalue weighted by molar-refractivity contribution is 8.03. The van der Waals surface area contributed by atoms with Gasteiger partial charge in [0, 0.05) is 11.5 Å². The number of hydrogen-bond donors (Lipinski definition) is 1. The van der Waals surface area contributed by atoms with Gasteiger partial charge in [-0.3, -0.25) is 0 Å². The quantitative estimate of drug-likeness (QED) is 0.359. The van der Waals surface area contributed by atoms with Crippen molar-refractivity contribution in [3.05, 3.63) is 0 Å².